The summed E-state index contributed by atoms with van der Waals surface area (Å²) in [6.45, 7) is 3.80. The van der Waals surface area contributed by atoms with Gasteiger partial charge in [-0.25, -0.2) is 0 Å². The number of ketones is 1. The Kier molecular flexibility index (Phi) is 5.54. The predicted octanol–water partition coefficient (Wildman–Crippen LogP) is 6.05. The zero-order valence-electron chi connectivity index (χ0n) is 18.3. The van der Waals surface area contributed by atoms with E-state index >= 15 is 0 Å². The van der Waals surface area contributed by atoms with Crippen LogP contribution in [0.5, 0.6) is 11.5 Å². The first-order valence-electron chi connectivity index (χ1n) is 11.3. The third kappa shape index (κ3) is 3.94. The van der Waals surface area contributed by atoms with E-state index in [0.29, 0.717) is 35.2 Å². The number of fused-ring (bicyclic) bond motifs is 1. The molecule has 0 aliphatic carbocycles. The molecule has 0 aromatic heterocycles. The number of phenolic OH excluding ortho intramolecular Hbond substituents is 1. The van der Waals surface area contributed by atoms with Gasteiger partial charge in [0, 0.05) is 12.6 Å². The van der Waals surface area contributed by atoms with Crippen LogP contribution in [0.15, 0.2) is 72.5 Å². The number of allylic oxidation sites excluding steroid dienone is 1. The van der Waals surface area contributed by atoms with Crippen LogP contribution in [-0.2, 0) is 6.54 Å². The van der Waals surface area contributed by atoms with Crippen LogP contribution in [0, 0.1) is 0 Å². The van der Waals surface area contributed by atoms with Crippen molar-refractivity contribution in [3.8, 4) is 22.6 Å². The number of nitrogens with zero attached hydrogens (tertiary/aromatic N) is 1. The van der Waals surface area contributed by atoms with Crippen molar-refractivity contribution in [2.24, 2.45) is 0 Å². The lowest BCUT2D eigenvalue weighted by Gasteiger charge is -2.33. The van der Waals surface area contributed by atoms with E-state index in [-0.39, 0.29) is 11.5 Å². The summed E-state index contributed by atoms with van der Waals surface area (Å²) in [5.41, 5.74) is 4.40. The average Bonchev–Trinajstić information content (AvgIpc) is 3.13. The highest BCUT2D eigenvalue weighted by atomic mass is 16.5. The standard InChI is InChI=1S/C28H27NO3/c1-19-7-5-6-16-29(19)18-24-25(30)15-14-23-27(31)26(32-28(23)24)17-20-10-12-22(13-11-20)21-8-3-2-4-9-21/h2-4,8-15,17,19,30H,5-7,16,18H2,1H3/b26-17-/t19-/m0/s1. The summed E-state index contributed by atoms with van der Waals surface area (Å²) in [6.07, 6.45) is 5.33. The molecular formula is C28H27NO3. The van der Waals surface area contributed by atoms with Crippen molar-refractivity contribution in [1.29, 1.82) is 0 Å². The number of benzene rings is 3. The molecule has 5 rings (SSSR count). The van der Waals surface area contributed by atoms with Gasteiger partial charge in [-0.1, -0.05) is 61.0 Å². The lowest BCUT2D eigenvalue weighted by molar-refractivity contribution is 0.101. The molecule has 0 radical (unpaired) electrons. The van der Waals surface area contributed by atoms with Crippen LogP contribution in [0.4, 0.5) is 0 Å². The van der Waals surface area contributed by atoms with Crippen LogP contribution in [0.3, 0.4) is 0 Å². The first-order chi connectivity index (χ1) is 15.6. The molecule has 2 aliphatic heterocycles. The molecule has 0 saturated carbocycles. The lowest BCUT2D eigenvalue weighted by Crippen LogP contribution is -2.36. The van der Waals surface area contributed by atoms with Gasteiger partial charge in [0.1, 0.15) is 11.5 Å². The molecule has 3 aromatic carbocycles. The van der Waals surface area contributed by atoms with Crippen molar-refractivity contribution in [3.63, 3.8) is 0 Å². The molecule has 2 heterocycles. The number of likely N-dealkylation sites (tertiary alicyclic amines) is 1. The number of hydrogen-bond acceptors (Lipinski definition) is 4. The largest absolute Gasteiger partial charge is 0.507 e. The summed E-state index contributed by atoms with van der Waals surface area (Å²) >= 11 is 0. The summed E-state index contributed by atoms with van der Waals surface area (Å²) in [6, 6.07) is 22.0. The third-order valence-corrected chi connectivity index (χ3v) is 6.53. The number of hydrogen-bond donors (Lipinski definition) is 1. The summed E-state index contributed by atoms with van der Waals surface area (Å²) in [5, 5.41) is 10.6. The number of rotatable bonds is 4. The number of aromatic hydroxyl groups is 1. The van der Waals surface area contributed by atoms with Gasteiger partial charge in [-0.05, 0) is 61.2 Å². The fourth-order valence-corrected chi connectivity index (χ4v) is 4.60. The molecule has 162 valence electrons. The smallest absolute Gasteiger partial charge is 0.231 e. The van der Waals surface area contributed by atoms with E-state index in [1.807, 2.05) is 42.5 Å². The number of carbonyl (C=O) groups is 1. The van der Waals surface area contributed by atoms with Crippen LogP contribution >= 0.6 is 0 Å². The van der Waals surface area contributed by atoms with Crippen LogP contribution in [0.25, 0.3) is 17.2 Å². The van der Waals surface area contributed by atoms with Crippen LogP contribution in [-0.4, -0.2) is 28.4 Å². The van der Waals surface area contributed by atoms with Gasteiger partial charge in [0.25, 0.3) is 0 Å². The second kappa shape index (κ2) is 8.64. The molecule has 4 nitrogen and oxygen atoms in total. The Bertz CT molecular complexity index is 1170. The SMILES string of the molecule is C[C@H]1CCCCN1Cc1c(O)ccc2c1O/C(=C\c1ccc(-c3ccccc3)cc1)C2=O. The topological polar surface area (TPSA) is 49.8 Å². The number of carbonyl (C=O) groups excluding carboxylic acids is 1. The zero-order valence-corrected chi connectivity index (χ0v) is 18.3. The third-order valence-electron chi connectivity index (χ3n) is 6.53. The molecule has 1 saturated heterocycles. The molecule has 0 amide bonds. The van der Waals surface area contributed by atoms with Crippen molar-refractivity contribution < 1.29 is 14.6 Å². The first-order valence-corrected chi connectivity index (χ1v) is 11.3. The molecule has 1 N–H and O–H groups in total. The maximum absolute atomic E-state index is 13.0. The van der Waals surface area contributed by atoms with E-state index in [1.54, 1.807) is 18.2 Å². The Morgan fingerprint density at radius 1 is 1.00 bits per heavy atom. The molecule has 1 fully saturated rings. The summed E-state index contributed by atoms with van der Waals surface area (Å²) in [4.78, 5) is 15.4. The summed E-state index contributed by atoms with van der Waals surface area (Å²) in [7, 11) is 0. The van der Waals surface area contributed by atoms with Crippen molar-refractivity contribution in [2.75, 3.05) is 6.54 Å². The van der Waals surface area contributed by atoms with Gasteiger partial charge in [0.15, 0.2) is 5.76 Å². The molecule has 0 spiro atoms. The maximum Gasteiger partial charge on any atom is 0.231 e. The minimum absolute atomic E-state index is 0.139. The molecule has 0 unspecified atom stereocenters. The lowest BCUT2D eigenvalue weighted by atomic mass is 10.0. The van der Waals surface area contributed by atoms with Gasteiger partial charge in [-0.15, -0.1) is 0 Å². The highest BCUT2D eigenvalue weighted by molar-refractivity contribution is 6.15. The summed E-state index contributed by atoms with van der Waals surface area (Å²) < 4.78 is 6.05. The molecule has 0 bridgehead atoms. The van der Waals surface area contributed by atoms with E-state index in [0.717, 1.165) is 36.1 Å². The molecule has 2 aliphatic rings. The monoisotopic (exact) mass is 425 g/mol. The predicted molar refractivity (Wildman–Crippen MR) is 127 cm³/mol. The van der Waals surface area contributed by atoms with Crippen LogP contribution in [0.1, 0.15) is 47.7 Å². The van der Waals surface area contributed by atoms with Crippen molar-refractivity contribution in [2.45, 2.75) is 38.8 Å². The highest BCUT2D eigenvalue weighted by Gasteiger charge is 2.32. The average molecular weight is 426 g/mol. The number of phenols is 1. The highest BCUT2D eigenvalue weighted by Crippen LogP contribution is 2.40. The van der Waals surface area contributed by atoms with Gasteiger partial charge in [0.2, 0.25) is 5.78 Å². The van der Waals surface area contributed by atoms with Crippen LogP contribution < -0.4 is 4.74 Å². The Hall–Kier alpha value is -3.37. The summed E-state index contributed by atoms with van der Waals surface area (Å²) in [5.74, 6) is 0.841. The van der Waals surface area contributed by atoms with Crippen molar-refractivity contribution in [1.82, 2.24) is 4.90 Å². The van der Waals surface area contributed by atoms with E-state index in [4.69, 9.17) is 4.74 Å². The molecular weight excluding hydrogens is 398 g/mol. The van der Waals surface area contributed by atoms with Gasteiger partial charge in [0.05, 0.1) is 11.1 Å². The Morgan fingerprint density at radius 3 is 2.50 bits per heavy atom. The van der Waals surface area contributed by atoms with Gasteiger partial charge < -0.3 is 9.84 Å². The second-order valence-corrected chi connectivity index (χ2v) is 8.68. The van der Waals surface area contributed by atoms with E-state index in [9.17, 15) is 9.90 Å². The van der Waals surface area contributed by atoms with Gasteiger partial charge in [-0.2, -0.15) is 0 Å². The first kappa shape index (κ1) is 20.5. The van der Waals surface area contributed by atoms with Crippen molar-refractivity contribution >= 4 is 11.9 Å². The van der Waals surface area contributed by atoms with E-state index in [2.05, 4.69) is 24.0 Å². The minimum atomic E-state index is -0.139. The van der Waals surface area contributed by atoms with Gasteiger partial charge >= 0.3 is 0 Å². The van der Waals surface area contributed by atoms with Crippen LogP contribution in [0.2, 0.25) is 0 Å². The molecule has 3 aromatic rings. The molecule has 1 atom stereocenters. The second-order valence-electron chi connectivity index (χ2n) is 8.68. The quantitative estimate of drug-likeness (QED) is 0.517. The Labute approximate surface area is 188 Å². The Morgan fingerprint density at radius 2 is 1.75 bits per heavy atom. The Balaban J connectivity index is 1.41. The molecule has 32 heavy (non-hydrogen) atoms. The van der Waals surface area contributed by atoms with E-state index in [1.165, 1.54) is 6.42 Å². The minimum Gasteiger partial charge on any atom is -0.507 e. The number of piperidine rings is 1. The van der Waals surface area contributed by atoms with Gasteiger partial charge in [-0.3, -0.25) is 9.69 Å². The fourth-order valence-electron chi connectivity index (χ4n) is 4.60. The number of ether oxygens (including phenoxy) is 1. The molecule has 4 heteroatoms. The normalized spacial score (nSPS) is 19.7. The van der Waals surface area contributed by atoms with E-state index < -0.39 is 0 Å². The number of Topliss-reactive ketones (excluding diaryl/α,β-unsaturated/α-hetero) is 1. The zero-order chi connectivity index (χ0) is 22.1. The maximum atomic E-state index is 13.0. The van der Waals surface area contributed by atoms with Crippen molar-refractivity contribution in [3.05, 3.63) is 89.2 Å². The fraction of sp³-hybridized carbons (Fsp3) is 0.250.